The first-order valence-corrected chi connectivity index (χ1v) is 11.5. The summed E-state index contributed by atoms with van der Waals surface area (Å²) in [6.07, 6.45) is 1.88. The fraction of sp³-hybridized carbons (Fsp3) is 0.611. The Balaban J connectivity index is 1.47. The number of nitrogens with zero attached hydrogens (tertiary/aromatic N) is 2. The van der Waals surface area contributed by atoms with Gasteiger partial charge in [-0.3, -0.25) is 5.10 Å². The standard InChI is InChI=1S/C18H23N3O4S2/c1-10-5-14(20-19-10)16-6-17(11(2)26-16)27(23,24)21-7-13-12(8-22)15-3-4-18(13,9-21)25-15/h5-6,12-13,15,22H,3-4,7-9H2,1-2H3,(H,19,20)/t12-,13+,15+,18+/m0/s1. The Bertz CT molecular complexity index is 998. The SMILES string of the molecule is Cc1cc(-c2cc(S(=O)(=O)N3C[C@@H]4[C@H](CO)[C@H]5CC[C@]4(C3)O5)c(C)s2)n[nH]1. The van der Waals surface area contributed by atoms with E-state index in [4.69, 9.17) is 4.74 Å². The molecule has 3 aliphatic rings. The number of fused-ring (bicyclic) bond motifs is 1. The maximum atomic E-state index is 13.4. The first-order valence-electron chi connectivity index (χ1n) is 9.26. The van der Waals surface area contributed by atoms with Gasteiger partial charge in [-0.2, -0.15) is 9.40 Å². The van der Waals surface area contributed by atoms with E-state index in [2.05, 4.69) is 10.2 Å². The van der Waals surface area contributed by atoms with Crippen LogP contribution in [0.3, 0.4) is 0 Å². The number of aliphatic hydroxyl groups excluding tert-OH is 1. The molecule has 0 amide bonds. The van der Waals surface area contributed by atoms with Crippen molar-refractivity contribution in [1.29, 1.82) is 0 Å². The molecule has 0 saturated carbocycles. The smallest absolute Gasteiger partial charge is 0.244 e. The van der Waals surface area contributed by atoms with Crippen LogP contribution in [0.5, 0.6) is 0 Å². The summed E-state index contributed by atoms with van der Waals surface area (Å²) in [6.45, 7) is 4.64. The molecule has 9 heteroatoms. The van der Waals surface area contributed by atoms with Gasteiger partial charge in [-0.1, -0.05) is 0 Å². The number of aromatic amines is 1. The van der Waals surface area contributed by atoms with Gasteiger partial charge in [0.25, 0.3) is 0 Å². The van der Waals surface area contributed by atoms with Crippen molar-refractivity contribution in [3.05, 3.63) is 22.7 Å². The molecule has 5 rings (SSSR count). The third-order valence-corrected chi connectivity index (χ3v) is 9.55. The number of sulfonamides is 1. The van der Waals surface area contributed by atoms with E-state index in [0.29, 0.717) is 18.0 Å². The summed E-state index contributed by atoms with van der Waals surface area (Å²) in [6, 6.07) is 3.65. The molecule has 2 bridgehead atoms. The number of ether oxygens (including phenoxy) is 1. The van der Waals surface area contributed by atoms with Crippen LogP contribution in [-0.4, -0.2) is 59.4 Å². The van der Waals surface area contributed by atoms with Crippen molar-refractivity contribution in [1.82, 2.24) is 14.5 Å². The van der Waals surface area contributed by atoms with E-state index in [9.17, 15) is 13.5 Å². The molecule has 4 atom stereocenters. The van der Waals surface area contributed by atoms with Gasteiger partial charge in [0.2, 0.25) is 10.0 Å². The van der Waals surface area contributed by atoms with Gasteiger partial charge in [0.05, 0.1) is 21.5 Å². The molecule has 3 fully saturated rings. The number of H-pyrrole nitrogens is 1. The summed E-state index contributed by atoms with van der Waals surface area (Å²) in [4.78, 5) is 1.97. The fourth-order valence-electron chi connectivity index (χ4n) is 5.11. The van der Waals surface area contributed by atoms with Crippen LogP contribution in [-0.2, 0) is 14.8 Å². The van der Waals surface area contributed by atoms with Crippen LogP contribution in [0.15, 0.2) is 17.0 Å². The number of thiophene rings is 1. The zero-order valence-electron chi connectivity index (χ0n) is 15.3. The lowest BCUT2D eigenvalue weighted by molar-refractivity contribution is 0.00644. The highest BCUT2D eigenvalue weighted by molar-refractivity contribution is 7.89. The Hall–Kier alpha value is -1.26. The van der Waals surface area contributed by atoms with E-state index in [-0.39, 0.29) is 24.5 Å². The van der Waals surface area contributed by atoms with Crippen LogP contribution in [0.1, 0.15) is 23.4 Å². The highest BCUT2D eigenvalue weighted by Crippen LogP contribution is 2.55. The normalized spacial score (nSPS) is 33.1. The summed E-state index contributed by atoms with van der Waals surface area (Å²) in [5, 5.41) is 16.9. The molecule has 3 saturated heterocycles. The Morgan fingerprint density at radius 3 is 2.96 bits per heavy atom. The molecule has 2 aromatic heterocycles. The molecule has 146 valence electrons. The summed E-state index contributed by atoms with van der Waals surface area (Å²) in [5.74, 6) is 0.133. The second kappa shape index (κ2) is 5.87. The van der Waals surface area contributed by atoms with Crippen molar-refractivity contribution in [3.63, 3.8) is 0 Å². The molecule has 7 nitrogen and oxygen atoms in total. The molecule has 0 radical (unpaired) electrons. The summed E-state index contributed by atoms with van der Waals surface area (Å²) in [5.41, 5.74) is 1.30. The second-order valence-electron chi connectivity index (χ2n) is 7.98. The maximum Gasteiger partial charge on any atom is 0.244 e. The highest BCUT2D eigenvalue weighted by Gasteiger charge is 2.64. The molecule has 0 aliphatic carbocycles. The van der Waals surface area contributed by atoms with Crippen LogP contribution in [0.25, 0.3) is 10.6 Å². The quantitative estimate of drug-likeness (QED) is 0.804. The lowest BCUT2D eigenvalue weighted by Crippen LogP contribution is -2.38. The van der Waals surface area contributed by atoms with Gasteiger partial charge in [-0.15, -0.1) is 11.3 Å². The monoisotopic (exact) mass is 409 g/mol. The van der Waals surface area contributed by atoms with Crippen LogP contribution in [0, 0.1) is 25.7 Å². The van der Waals surface area contributed by atoms with Crippen LogP contribution < -0.4 is 0 Å². The predicted molar refractivity (Wildman–Crippen MR) is 101 cm³/mol. The van der Waals surface area contributed by atoms with Crippen molar-refractivity contribution in [2.45, 2.75) is 43.3 Å². The zero-order chi connectivity index (χ0) is 19.0. The van der Waals surface area contributed by atoms with Crippen molar-refractivity contribution in [2.75, 3.05) is 19.7 Å². The Morgan fingerprint density at radius 2 is 2.26 bits per heavy atom. The molecule has 5 heterocycles. The summed E-state index contributed by atoms with van der Waals surface area (Å²) in [7, 11) is -3.61. The molecule has 27 heavy (non-hydrogen) atoms. The van der Waals surface area contributed by atoms with Gasteiger partial charge in [0.15, 0.2) is 0 Å². The minimum Gasteiger partial charge on any atom is -0.396 e. The summed E-state index contributed by atoms with van der Waals surface area (Å²) >= 11 is 1.45. The van der Waals surface area contributed by atoms with E-state index < -0.39 is 15.6 Å². The average molecular weight is 410 g/mol. The lowest BCUT2D eigenvalue weighted by atomic mass is 9.74. The Morgan fingerprint density at radius 1 is 1.44 bits per heavy atom. The second-order valence-corrected chi connectivity index (χ2v) is 11.1. The van der Waals surface area contributed by atoms with Crippen molar-refractivity contribution in [2.24, 2.45) is 11.8 Å². The fourth-order valence-corrected chi connectivity index (χ4v) is 8.15. The number of rotatable bonds is 4. The molecule has 0 aromatic carbocycles. The third kappa shape index (κ3) is 2.49. The van der Waals surface area contributed by atoms with E-state index in [1.54, 1.807) is 10.4 Å². The third-order valence-electron chi connectivity index (χ3n) is 6.41. The molecular weight excluding hydrogens is 386 g/mol. The van der Waals surface area contributed by atoms with Crippen LogP contribution in [0.2, 0.25) is 0 Å². The van der Waals surface area contributed by atoms with Gasteiger partial charge in [0.1, 0.15) is 5.69 Å². The molecule has 2 aromatic rings. The number of hydrogen-bond donors (Lipinski definition) is 2. The van der Waals surface area contributed by atoms with Crippen molar-refractivity contribution >= 4 is 21.4 Å². The molecule has 0 unspecified atom stereocenters. The minimum absolute atomic E-state index is 0.0464. The molecular formula is C18H23N3O4S2. The molecule has 2 N–H and O–H groups in total. The van der Waals surface area contributed by atoms with E-state index in [1.807, 2.05) is 19.9 Å². The number of aliphatic hydroxyl groups is 1. The zero-order valence-corrected chi connectivity index (χ0v) is 16.9. The van der Waals surface area contributed by atoms with Crippen molar-refractivity contribution in [3.8, 4) is 10.6 Å². The molecule has 1 spiro atoms. The first-order chi connectivity index (χ1) is 12.8. The van der Waals surface area contributed by atoms with Gasteiger partial charge in [-0.25, -0.2) is 8.42 Å². The number of aromatic nitrogens is 2. The highest BCUT2D eigenvalue weighted by atomic mass is 32.2. The van der Waals surface area contributed by atoms with Gasteiger partial charge < -0.3 is 9.84 Å². The van der Waals surface area contributed by atoms with Gasteiger partial charge >= 0.3 is 0 Å². The van der Waals surface area contributed by atoms with E-state index in [0.717, 1.165) is 34.0 Å². The minimum atomic E-state index is -3.61. The van der Waals surface area contributed by atoms with Gasteiger partial charge in [0, 0.05) is 42.1 Å². The van der Waals surface area contributed by atoms with Crippen LogP contribution >= 0.6 is 11.3 Å². The topological polar surface area (TPSA) is 95.5 Å². The largest absolute Gasteiger partial charge is 0.396 e. The van der Waals surface area contributed by atoms with Crippen molar-refractivity contribution < 1.29 is 18.3 Å². The summed E-state index contributed by atoms with van der Waals surface area (Å²) < 4.78 is 34.5. The number of aryl methyl sites for hydroxylation is 2. The Kier molecular flexibility index (Phi) is 3.87. The van der Waals surface area contributed by atoms with Gasteiger partial charge in [-0.05, 0) is 38.8 Å². The first kappa shape index (κ1) is 17.8. The predicted octanol–water partition coefficient (Wildman–Crippen LogP) is 1.92. The van der Waals surface area contributed by atoms with E-state index >= 15 is 0 Å². The molecule has 3 aliphatic heterocycles. The number of nitrogens with one attached hydrogen (secondary N) is 1. The Labute approximate surface area is 162 Å². The number of hydrogen-bond acceptors (Lipinski definition) is 6. The van der Waals surface area contributed by atoms with E-state index in [1.165, 1.54) is 11.3 Å². The average Bonchev–Trinajstić information content (AvgIpc) is 3.39. The maximum absolute atomic E-state index is 13.4. The lowest BCUT2D eigenvalue weighted by Gasteiger charge is -2.27. The van der Waals surface area contributed by atoms with Crippen LogP contribution in [0.4, 0.5) is 0 Å².